The standard InChI is InChI=1S/C16H24N4O/c1-12(2)11-20-5-3-13(4-6-20)9-19-16(21)15-7-14(8-17)10-18-15/h7,10,12-13,18H,3-6,9,11H2,1-2H3,(H,19,21). The number of carbonyl (C=O) groups excluding carboxylic acids is 1. The van der Waals surface area contributed by atoms with Crippen molar-refractivity contribution in [1.82, 2.24) is 15.2 Å². The molecule has 0 aromatic carbocycles. The zero-order valence-electron chi connectivity index (χ0n) is 12.9. The Morgan fingerprint density at radius 3 is 2.81 bits per heavy atom. The zero-order valence-corrected chi connectivity index (χ0v) is 12.9. The Labute approximate surface area is 126 Å². The van der Waals surface area contributed by atoms with E-state index in [4.69, 9.17) is 5.26 Å². The molecule has 5 nitrogen and oxygen atoms in total. The lowest BCUT2D eigenvalue weighted by atomic mass is 9.96. The molecule has 0 radical (unpaired) electrons. The highest BCUT2D eigenvalue weighted by atomic mass is 16.1. The Balaban J connectivity index is 1.72. The molecule has 5 heteroatoms. The molecule has 1 aliphatic heterocycles. The van der Waals surface area contributed by atoms with E-state index in [1.54, 1.807) is 12.3 Å². The van der Waals surface area contributed by atoms with Crippen molar-refractivity contribution in [3.05, 3.63) is 23.5 Å². The molecule has 0 spiro atoms. The van der Waals surface area contributed by atoms with Crippen LogP contribution in [0.4, 0.5) is 0 Å². The molecule has 0 bridgehead atoms. The van der Waals surface area contributed by atoms with Crippen molar-refractivity contribution in [2.75, 3.05) is 26.2 Å². The van der Waals surface area contributed by atoms with Gasteiger partial charge in [0.25, 0.3) is 5.91 Å². The van der Waals surface area contributed by atoms with Crippen LogP contribution in [0.5, 0.6) is 0 Å². The lowest BCUT2D eigenvalue weighted by Crippen LogP contribution is -2.40. The summed E-state index contributed by atoms with van der Waals surface area (Å²) in [6.45, 7) is 8.63. The lowest BCUT2D eigenvalue weighted by Gasteiger charge is -2.32. The zero-order chi connectivity index (χ0) is 15.2. The summed E-state index contributed by atoms with van der Waals surface area (Å²) < 4.78 is 0. The molecule has 0 atom stereocenters. The van der Waals surface area contributed by atoms with Gasteiger partial charge in [-0.15, -0.1) is 0 Å². The summed E-state index contributed by atoms with van der Waals surface area (Å²) in [5, 5.41) is 11.7. The summed E-state index contributed by atoms with van der Waals surface area (Å²) in [5.74, 6) is 1.15. The predicted molar refractivity (Wildman–Crippen MR) is 81.8 cm³/mol. The number of nitriles is 1. The van der Waals surface area contributed by atoms with Crippen LogP contribution in [0.15, 0.2) is 12.3 Å². The van der Waals surface area contributed by atoms with Gasteiger partial charge >= 0.3 is 0 Å². The smallest absolute Gasteiger partial charge is 0.267 e. The third-order valence-corrected chi connectivity index (χ3v) is 3.94. The van der Waals surface area contributed by atoms with Crippen molar-refractivity contribution >= 4 is 5.91 Å². The number of aromatic nitrogens is 1. The van der Waals surface area contributed by atoms with E-state index in [9.17, 15) is 4.79 Å². The van der Waals surface area contributed by atoms with E-state index in [2.05, 4.69) is 29.0 Å². The largest absolute Gasteiger partial charge is 0.356 e. The van der Waals surface area contributed by atoms with Crippen LogP contribution in [0.2, 0.25) is 0 Å². The number of aromatic amines is 1. The van der Waals surface area contributed by atoms with Crippen LogP contribution in [0.3, 0.4) is 0 Å². The van der Waals surface area contributed by atoms with Crippen molar-refractivity contribution < 1.29 is 4.79 Å². The van der Waals surface area contributed by atoms with Gasteiger partial charge in [0.1, 0.15) is 11.8 Å². The number of rotatable bonds is 5. The number of H-pyrrole nitrogens is 1. The topological polar surface area (TPSA) is 71.9 Å². The first-order chi connectivity index (χ1) is 10.1. The first-order valence-corrected chi connectivity index (χ1v) is 7.67. The van der Waals surface area contributed by atoms with E-state index in [0.29, 0.717) is 23.1 Å². The molecule has 0 saturated carbocycles. The number of carbonyl (C=O) groups is 1. The number of amides is 1. The number of likely N-dealkylation sites (tertiary alicyclic amines) is 1. The van der Waals surface area contributed by atoms with Crippen LogP contribution in [-0.2, 0) is 0 Å². The fourth-order valence-corrected chi connectivity index (χ4v) is 2.81. The van der Waals surface area contributed by atoms with E-state index >= 15 is 0 Å². The molecular weight excluding hydrogens is 264 g/mol. The Hall–Kier alpha value is -1.80. The van der Waals surface area contributed by atoms with Gasteiger partial charge in [-0.3, -0.25) is 4.79 Å². The van der Waals surface area contributed by atoms with E-state index in [-0.39, 0.29) is 5.91 Å². The number of hydrogen-bond donors (Lipinski definition) is 2. The molecule has 1 fully saturated rings. The van der Waals surface area contributed by atoms with Gasteiger partial charge in [-0.2, -0.15) is 5.26 Å². The maximum absolute atomic E-state index is 12.0. The van der Waals surface area contributed by atoms with Gasteiger partial charge in [-0.25, -0.2) is 0 Å². The maximum atomic E-state index is 12.0. The minimum Gasteiger partial charge on any atom is -0.356 e. The van der Waals surface area contributed by atoms with Crippen LogP contribution in [0, 0.1) is 23.2 Å². The Bertz CT molecular complexity index is 507. The highest BCUT2D eigenvalue weighted by Crippen LogP contribution is 2.17. The molecule has 2 rings (SSSR count). The van der Waals surface area contributed by atoms with E-state index < -0.39 is 0 Å². The molecule has 1 aromatic heterocycles. The second kappa shape index (κ2) is 7.28. The van der Waals surface area contributed by atoms with Crippen molar-refractivity contribution in [2.24, 2.45) is 11.8 Å². The number of nitrogens with zero attached hydrogens (tertiary/aromatic N) is 2. The van der Waals surface area contributed by atoms with Crippen molar-refractivity contribution in [2.45, 2.75) is 26.7 Å². The monoisotopic (exact) mass is 288 g/mol. The van der Waals surface area contributed by atoms with Crippen LogP contribution in [-0.4, -0.2) is 42.0 Å². The maximum Gasteiger partial charge on any atom is 0.267 e. The summed E-state index contributed by atoms with van der Waals surface area (Å²) in [6, 6.07) is 3.60. The fraction of sp³-hybridized carbons (Fsp3) is 0.625. The second-order valence-corrected chi connectivity index (χ2v) is 6.26. The molecular formula is C16H24N4O. The minimum atomic E-state index is -0.124. The van der Waals surface area contributed by atoms with Gasteiger partial charge in [-0.05, 0) is 43.8 Å². The quantitative estimate of drug-likeness (QED) is 0.870. The molecule has 2 N–H and O–H groups in total. The van der Waals surface area contributed by atoms with Gasteiger partial charge in [0, 0.05) is 19.3 Å². The number of piperidine rings is 1. The molecule has 0 unspecified atom stereocenters. The van der Waals surface area contributed by atoms with Crippen LogP contribution in [0.25, 0.3) is 0 Å². The molecule has 2 heterocycles. The van der Waals surface area contributed by atoms with Crippen LogP contribution in [0.1, 0.15) is 42.7 Å². The summed E-state index contributed by atoms with van der Waals surface area (Å²) >= 11 is 0. The van der Waals surface area contributed by atoms with E-state index in [0.717, 1.165) is 32.5 Å². The number of hydrogen-bond acceptors (Lipinski definition) is 3. The predicted octanol–water partition coefficient (Wildman–Crippen LogP) is 1.98. The highest BCUT2D eigenvalue weighted by Gasteiger charge is 2.20. The molecule has 114 valence electrons. The van der Waals surface area contributed by atoms with Gasteiger partial charge < -0.3 is 15.2 Å². The molecule has 1 amide bonds. The van der Waals surface area contributed by atoms with Crippen LogP contribution >= 0.6 is 0 Å². The lowest BCUT2D eigenvalue weighted by molar-refractivity contribution is 0.0930. The molecule has 0 aliphatic carbocycles. The normalized spacial score (nSPS) is 16.9. The summed E-state index contributed by atoms with van der Waals surface area (Å²) in [7, 11) is 0. The average Bonchev–Trinajstić information content (AvgIpc) is 2.94. The Kier molecular flexibility index (Phi) is 5.40. The SMILES string of the molecule is CC(C)CN1CCC(CNC(=O)c2cc(C#N)c[nH]2)CC1. The molecule has 1 aliphatic rings. The third kappa shape index (κ3) is 4.61. The minimum absolute atomic E-state index is 0.124. The first kappa shape index (κ1) is 15.6. The molecule has 21 heavy (non-hydrogen) atoms. The average molecular weight is 288 g/mol. The van der Waals surface area contributed by atoms with Gasteiger partial charge in [0.05, 0.1) is 5.56 Å². The third-order valence-electron chi connectivity index (χ3n) is 3.94. The van der Waals surface area contributed by atoms with Gasteiger partial charge in [-0.1, -0.05) is 13.8 Å². The Morgan fingerprint density at radius 1 is 1.52 bits per heavy atom. The number of nitrogens with one attached hydrogen (secondary N) is 2. The van der Waals surface area contributed by atoms with E-state index in [1.165, 1.54) is 6.54 Å². The summed E-state index contributed by atoms with van der Waals surface area (Å²) in [6.07, 6.45) is 3.83. The van der Waals surface area contributed by atoms with Crippen molar-refractivity contribution in [3.63, 3.8) is 0 Å². The van der Waals surface area contributed by atoms with Crippen LogP contribution < -0.4 is 5.32 Å². The molecule has 1 aromatic rings. The van der Waals surface area contributed by atoms with Gasteiger partial charge in [0.2, 0.25) is 0 Å². The van der Waals surface area contributed by atoms with Crippen molar-refractivity contribution in [1.29, 1.82) is 5.26 Å². The first-order valence-electron chi connectivity index (χ1n) is 7.67. The van der Waals surface area contributed by atoms with E-state index in [1.807, 2.05) is 6.07 Å². The summed E-state index contributed by atoms with van der Waals surface area (Å²) in [4.78, 5) is 17.3. The molecule has 1 saturated heterocycles. The second-order valence-electron chi connectivity index (χ2n) is 6.26. The Morgan fingerprint density at radius 2 is 2.24 bits per heavy atom. The fourth-order valence-electron chi connectivity index (χ4n) is 2.81. The highest BCUT2D eigenvalue weighted by molar-refractivity contribution is 5.92. The van der Waals surface area contributed by atoms with Gasteiger partial charge in [0.15, 0.2) is 0 Å². The van der Waals surface area contributed by atoms with Crippen molar-refractivity contribution in [3.8, 4) is 6.07 Å². The summed E-state index contributed by atoms with van der Waals surface area (Å²) in [5.41, 5.74) is 0.950.